The van der Waals surface area contributed by atoms with Crippen molar-refractivity contribution in [1.82, 2.24) is 5.32 Å². The first kappa shape index (κ1) is 17.3. The molecule has 3 nitrogen and oxygen atoms in total. The summed E-state index contributed by atoms with van der Waals surface area (Å²) in [7, 11) is 0. The number of benzene rings is 1. The van der Waals surface area contributed by atoms with E-state index in [0.717, 1.165) is 6.07 Å². The molecule has 0 aliphatic rings. The molecule has 2 atom stereocenters. The number of hydrogen-bond acceptors (Lipinski definition) is 3. The molecule has 0 aromatic heterocycles. The summed E-state index contributed by atoms with van der Waals surface area (Å²) in [4.78, 5) is 0. The fourth-order valence-electron chi connectivity index (χ4n) is 2.18. The van der Waals surface area contributed by atoms with Gasteiger partial charge in [-0.15, -0.1) is 0 Å². The lowest BCUT2D eigenvalue weighted by molar-refractivity contribution is -0.139. The molecule has 21 heavy (non-hydrogen) atoms. The van der Waals surface area contributed by atoms with Crippen molar-refractivity contribution in [3.05, 3.63) is 29.8 Å². The third-order valence-electron chi connectivity index (χ3n) is 3.03. The first-order chi connectivity index (χ1) is 9.72. The molecule has 1 N–H and O–H groups in total. The van der Waals surface area contributed by atoms with E-state index in [1.807, 2.05) is 6.92 Å². The molecule has 0 aliphatic heterocycles. The van der Waals surface area contributed by atoms with E-state index in [2.05, 4.69) is 11.4 Å². The molecule has 0 saturated carbocycles. The Bertz CT molecular complexity index is 510. The Kier molecular flexibility index (Phi) is 5.62. The number of ether oxygens (including phenoxy) is 1. The van der Waals surface area contributed by atoms with Gasteiger partial charge in [-0.05, 0) is 32.5 Å². The summed E-state index contributed by atoms with van der Waals surface area (Å²) in [6, 6.07) is 7.21. The Balaban J connectivity index is 2.85. The van der Waals surface area contributed by atoms with E-state index in [1.54, 1.807) is 13.8 Å². The number of para-hydroxylation sites is 1. The Morgan fingerprint density at radius 3 is 2.48 bits per heavy atom. The zero-order valence-electron chi connectivity index (χ0n) is 12.3. The van der Waals surface area contributed by atoms with E-state index in [0.29, 0.717) is 6.54 Å². The zero-order chi connectivity index (χ0) is 16.1. The molecule has 0 saturated heterocycles. The van der Waals surface area contributed by atoms with Gasteiger partial charge in [0.05, 0.1) is 17.7 Å². The Morgan fingerprint density at radius 1 is 1.33 bits per heavy atom. The van der Waals surface area contributed by atoms with Gasteiger partial charge in [-0.2, -0.15) is 18.4 Å². The van der Waals surface area contributed by atoms with Crippen LogP contribution in [-0.2, 0) is 6.18 Å². The smallest absolute Gasteiger partial charge is 0.419 e. The topological polar surface area (TPSA) is 45.0 Å². The van der Waals surface area contributed by atoms with Gasteiger partial charge in [0.2, 0.25) is 0 Å². The second-order valence-electron chi connectivity index (χ2n) is 5.10. The van der Waals surface area contributed by atoms with Crippen LogP contribution >= 0.6 is 0 Å². The van der Waals surface area contributed by atoms with Crippen LogP contribution in [0.2, 0.25) is 0 Å². The van der Waals surface area contributed by atoms with Crippen molar-refractivity contribution in [2.24, 2.45) is 0 Å². The van der Waals surface area contributed by atoms with E-state index >= 15 is 0 Å². The standard InChI is InChI=1S/C15H19F3N2O/c1-4-20-14(3,10-19)9-11(2)21-13-8-6-5-7-12(13)15(16,17)18/h5-8,11,20H,4,9H2,1-3H3. The van der Waals surface area contributed by atoms with E-state index < -0.39 is 23.4 Å². The number of rotatable bonds is 6. The first-order valence-electron chi connectivity index (χ1n) is 6.71. The van der Waals surface area contributed by atoms with Crippen LogP contribution in [0, 0.1) is 11.3 Å². The average molecular weight is 300 g/mol. The molecule has 1 aromatic carbocycles. The quantitative estimate of drug-likeness (QED) is 0.870. The first-order valence-corrected chi connectivity index (χ1v) is 6.71. The highest BCUT2D eigenvalue weighted by Crippen LogP contribution is 2.36. The highest BCUT2D eigenvalue weighted by atomic mass is 19.4. The molecule has 0 spiro atoms. The zero-order valence-corrected chi connectivity index (χ0v) is 12.3. The van der Waals surface area contributed by atoms with Crippen LogP contribution in [0.3, 0.4) is 0 Å². The molecule has 1 rings (SSSR count). The minimum Gasteiger partial charge on any atom is -0.490 e. The summed E-state index contributed by atoms with van der Waals surface area (Å²) in [5.41, 5.74) is -1.64. The van der Waals surface area contributed by atoms with Gasteiger partial charge in [0.15, 0.2) is 0 Å². The van der Waals surface area contributed by atoms with Crippen LogP contribution in [0.5, 0.6) is 5.75 Å². The number of halogens is 3. The van der Waals surface area contributed by atoms with Crippen LogP contribution in [0.25, 0.3) is 0 Å². The Hall–Kier alpha value is -1.74. The number of hydrogen-bond donors (Lipinski definition) is 1. The Morgan fingerprint density at radius 2 is 1.95 bits per heavy atom. The second kappa shape index (κ2) is 6.81. The van der Waals surface area contributed by atoms with Crippen LogP contribution in [0.15, 0.2) is 24.3 Å². The molecule has 6 heteroatoms. The number of nitrogens with zero attached hydrogens (tertiary/aromatic N) is 1. The molecule has 0 radical (unpaired) electrons. The number of alkyl halides is 3. The summed E-state index contributed by atoms with van der Waals surface area (Å²) in [5.74, 6) is -0.214. The average Bonchev–Trinajstić information content (AvgIpc) is 2.38. The van der Waals surface area contributed by atoms with Gasteiger partial charge in [-0.3, -0.25) is 5.32 Å². The van der Waals surface area contributed by atoms with Gasteiger partial charge in [0, 0.05) is 6.42 Å². The summed E-state index contributed by atoms with van der Waals surface area (Å²) < 4.78 is 44.0. The largest absolute Gasteiger partial charge is 0.490 e. The summed E-state index contributed by atoms with van der Waals surface area (Å²) in [5, 5.41) is 12.2. The Labute approximate surface area is 122 Å². The lowest BCUT2D eigenvalue weighted by Crippen LogP contribution is -2.44. The maximum absolute atomic E-state index is 12.9. The van der Waals surface area contributed by atoms with E-state index in [9.17, 15) is 13.2 Å². The highest BCUT2D eigenvalue weighted by Gasteiger charge is 2.35. The second-order valence-corrected chi connectivity index (χ2v) is 5.10. The monoisotopic (exact) mass is 300 g/mol. The van der Waals surface area contributed by atoms with Crippen molar-refractivity contribution in [3.8, 4) is 11.8 Å². The van der Waals surface area contributed by atoms with Gasteiger partial charge in [-0.25, -0.2) is 0 Å². The van der Waals surface area contributed by atoms with Gasteiger partial charge in [0.1, 0.15) is 11.3 Å². The lowest BCUT2D eigenvalue weighted by Gasteiger charge is -2.27. The van der Waals surface area contributed by atoms with Crippen molar-refractivity contribution >= 4 is 0 Å². The minimum absolute atomic E-state index is 0.214. The van der Waals surface area contributed by atoms with Gasteiger partial charge >= 0.3 is 6.18 Å². The fourth-order valence-corrected chi connectivity index (χ4v) is 2.18. The van der Waals surface area contributed by atoms with Crippen molar-refractivity contribution in [2.75, 3.05) is 6.54 Å². The van der Waals surface area contributed by atoms with Crippen LogP contribution in [0.4, 0.5) is 13.2 Å². The molecule has 2 unspecified atom stereocenters. The normalized spacial score (nSPS) is 15.9. The van der Waals surface area contributed by atoms with Crippen LogP contribution < -0.4 is 10.1 Å². The molecule has 0 heterocycles. The molecule has 0 bridgehead atoms. The molecule has 0 amide bonds. The predicted octanol–water partition coefficient (Wildman–Crippen LogP) is 3.75. The maximum atomic E-state index is 12.9. The van der Waals surface area contributed by atoms with E-state index in [-0.39, 0.29) is 12.2 Å². The highest BCUT2D eigenvalue weighted by molar-refractivity contribution is 5.35. The predicted molar refractivity (Wildman–Crippen MR) is 73.8 cm³/mol. The van der Waals surface area contributed by atoms with Crippen LogP contribution in [0.1, 0.15) is 32.8 Å². The minimum atomic E-state index is -4.46. The summed E-state index contributed by atoms with van der Waals surface area (Å²) >= 11 is 0. The molecular weight excluding hydrogens is 281 g/mol. The van der Waals surface area contributed by atoms with Crippen molar-refractivity contribution in [2.45, 2.75) is 45.0 Å². The third kappa shape index (κ3) is 4.94. The third-order valence-corrected chi connectivity index (χ3v) is 3.03. The summed E-state index contributed by atoms with van der Waals surface area (Å²) in [6.45, 7) is 5.81. The van der Waals surface area contributed by atoms with Crippen molar-refractivity contribution < 1.29 is 17.9 Å². The van der Waals surface area contributed by atoms with Gasteiger partial charge < -0.3 is 4.74 Å². The van der Waals surface area contributed by atoms with Crippen LogP contribution in [-0.4, -0.2) is 18.2 Å². The molecule has 0 fully saturated rings. The molecule has 1 aromatic rings. The SMILES string of the molecule is CCNC(C)(C#N)CC(C)Oc1ccccc1C(F)(F)F. The van der Waals surface area contributed by atoms with Crippen molar-refractivity contribution in [3.63, 3.8) is 0 Å². The van der Waals surface area contributed by atoms with Crippen molar-refractivity contribution in [1.29, 1.82) is 5.26 Å². The number of nitrogens with one attached hydrogen (secondary N) is 1. The van der Waals surface area contributed by atoms with E-state index in [1.165, 1.54) is 18.2 Å². The maximum Gasteiger partial charge on any atom is 0.419 e. The molecule has 116 valence electrons. The lowest BCUT2D eigenvalue weighted by atomic mass is 9.96. The fraction of sp³-hybridized carbons (Fsp3) is 0.533. The van der Waals surface area contributed by atoms with E-state index in [4.69, 9.17) is 10.00 Å². The molecule has 0 aliphatic carbocycles. The number of nitriles is 1. The summed E-state index contributed by atoms with van der Waals surface area (Å²) in [6.07, 6.45) is -4.71. The molecular formula is C15H19F3N2O. The van der Waals surface area contributed by atoms with Gasteiger partial charge in [-0.1, -0.05) is 19.1 Å². The van der Waals surface area contributed by atoms with Gasteiger partial charge in [0.25, 0.3) is 0 Å².